The van der Waals surface area contributed by atoms with E-state index in [1.807, 2.05) is 24.3 Å². The summed E-state index contributed by atoms with van der Waals surface area (Å²) < 4.78 is 5.62. The minimum absolute atomic E-state index is 0.0200. The van der Waals surface area contributed by atoms with Gasteiger partial charge in [-0.3, -0.25) is 9.59 Å². The highest BCUT2D eigenvalue weighted by Gasteiger charge is 2.46. The Labute approximate surface area is 205 Å². The van der Waals surface area contributed by atoms with Crippen molar-refractivity contribution in [2.75, 3.05) is 13.2 Å². The van der Waals surface area contributed by atoms with Crippen LogP contribution in [0.25, 0.3) is 11.1 Å². The predicted octanol–water partition coefficient (Wildman–Crippen LogP) is 4.46. The van der Waals surface area contributed by atoms with Gasteiger partial charge in [-0.05, 0) is 47.9 Å². The minimum Gasteiger partial charge on any atom is -0.481 e. The molecule has 0 unspecified atom stereocenters. The van der Waals surface area contributed by atoms with Crippen LogP contribution in [0.3, 0.4) is 0 Å². The first kappa shape index (κ1) is 23.4. The molecule has 0 saturated heterocycles. The molecule has 0 heterocycles. The number of nitrogens with one attached hydrogen (secondary N) is 2. The maximum Gasteiger partial charge on any atom is 0.407 e. The fourth-order valence-corrected chi connectivity index (χ4v) is 5.90. The van der Waals surface area contributed by atoms with E-state index in [0.29, 0.717) is 25.7 Å². The summed E-state index contributed by atoms with van der Waals surface area (Å²) in [5.74, 6) is -1.57. The van der Waals surface area contributed by atoms with Gasteiger partial charge >= 0.3 is 12.1 Å². The lowest BCUT2D eigenvalue weighted by molar-refractivity contribution is -0.145. The lowest BCUT2D eigenvalue weighted by Crippen LogP contribution is -2.56. The number of aliphatic carboxylic acids is 1. The van der Waals surface area contributed by atoms with Gasteiger partial charge in [0.25, 0.3) is 0 Å². The van der Waals surface area contributed by atoms with Crippen LogP contribution in [0.5, 0.6) is 0 Å². The lowest BCUT2D eigenvalue weighted by Gasteiger charge is -2.42. The second-order valence-electron chi connectivity index (χ2n) is 10.1. The van der Waals surface area contributed by atoms with Gasteiger partial charge < -0.3 is 20.5 Å². The summed E-state index contributed by atoms with van der Waals surface area (Å²) in [6.07, 6.45) is 4.78. The fourth-order valence-electron chi connectivity index (χ4n) is 5.90. The smallest absolute Gasteiger partial charge is 0.407 e. The van der Waals surface area contributed by atoms with E-state index in [4.69, 9.17) is 4.74 Å². The molecule has 2 fully saturated rings. The van der Waals surface area contributed by atoms with Crippen molar-refractivity contribution < 1.29 is 24.2 Å². The summed E-state index contributed by atoms with van der Waals surface area (Å²) >= 11 is 0. The van der Waals surface area contributed by atoms with Crippen molar-refractivity contribution in [3.05, 3.63) is 59.7 Å². The van der Waals surface area contributed by atoms with Crippen LogP contribution in [0.15, 0.2) is 48.5 Å². The van der Waals surface area contributed by atoms with E-state index in [1.165, 1.54) is 11.1 Å². The van der Waals surface area contributed by atoms with Crippen LogP contribution in [0.2, 0.25) is 0 Å². The lowest BCUT2D eigenvalue weighted by atomic mass is 9.67. The molecule has 2 atom stereocenters. The Morgan fingerprint density at radius 3 is 2.14 bits per heavy atom. The highest BCUT2D eigenvalue weighted by molar-refractivity contribution is 5.85. The molecule has 3 N–H and O–H groups in total. The van der Waals surface area contributed by atoms with Crippen molar-refractivity contribution in [2.24, 2.45) is 11.3 Å². The zero-order valence-corrected chi connectivity index (χ0v) is 19.8. The molecule has 7 nitrogen and oxygen atoms in total. The van der Waals surface area contributed by atoms with Crippen LogP contribution in [-0.2, 0) is 14.3 Å². The number of benzene rings is 2. The Bertz CT molecular complexity index is 1080. The van der Waals surface area contributed by atoms with Crippen molar-refractivity contribution >= 4 is 18.0 Å². The quantitative estimate of drug-likeness (QED) is 0.547. The molecular formula is C28H32N2O5. The molecule has 2 amide bonds. The van der Waals surface area contributed by atoms with Crippen molar-refractivity contribution in [1.29, 1.82) is 0 Å². The number of carbonyl (C=O) groups excluding carboxylic acids is 2. The maximum absolute atomic E-state index is 13.1. The van der Waals surface area contributed by atoms with Gasteiger partial charge in [0.15, 0.2) is 0 Å². The van der Waals surface area contributed by atoms with Crippen LogP contribution >= 0.6 is 0 Å². The zero-order chi connectivity index (χ0) is 24.4. The number of carboxylic acid groups (broad SMARTS) is 1. The minimum atomic E-state index is -0.852. The second-order valence-corrected chi connectivity index (χ2v) is 10.1. The fraction of sp³-hybridized carbons (Fsp3) is 0.464. The van der Waals surface area contributed by atoms with Gasteiger partial charge in [0.05, 0.1) is 11.3 Å². The third-order valence-electron chi connectivity index (χ3n) is 8.11. The molecule has 2 aromatic carbocycles. The van der Waals surface area contributed by atoms with Gasteiger partial charge in [0.2, 0.25) is 5.91 Å². The highest BCUT2D eigenvalue weighted by atomic mass is 16.5. The Morgan fingerprint density at radius 1 is 0.914 bits per heavy atom. The highest BCUT2D eigenvalue weighted by Crippen LogP contribution is 2.45. The monoisotopic (exact) mass is 476 g/mol. The van der Waals surface area contributed by atoms with Crippen molar-refractivity contribution in [3.8, 4) is 11.1 Å². The van der Waals surface area contributed by atoms with Crippen LogP contribution in [0.4, 0.5) is 4.79 Å². The number of carbonyl (C=O) groups is 3. The van der Waals surface area contributed by atoms with Gasteiger partial charge in [-0.2, -0.15) is 0 Å². The molecule has 0 aromatic heterocycles. The Morgan fingerprint density at radius 2 is 1.54 bits per heavy atom. The number of amides is 2. The third kappa shape index (κ3) is 4.51. The van der Waals surface area contributed by atoms with Crippen LogP contribution in [0, 0.1) is 11.3 Å². The van der Waals surface area contributed by atoms with Gasteiger partial charge in [0.1, 0.15) is 6.61 Å². The van der Waals surface area contributed by atoms with Gasteiger partial charge in [-0.15, -0.1) is 0 Å². The van der Waals surface area contributed by atoms with Gasteiger partial charge in [-0.1, -0.05) is 67.8 Å². The molecule has 2 saturated carbocycles. The average Bonchev–Trinajstić information content (AvgIpc) is 3.16. The Balaban J connectivity index is 1.18. The van der Waals surface area contributed by atoms with E-state index in [9.17, 15) is 19.5 Å². The summed E-state index contributed by atoms with van der Waals surface area (Å²) in [4.78, 5) is 37.4. The summed E-state index contributed by atoms with van der Waals surface area (Å²) in [6.45, 7) is 0.418. The number of hydrogen-bond donors (Lipinski definition) is 3. The first-order valence-electron chi connectivity index (χ1n) is 12.6. The van der Waals surface area contributed by atoms with E-state index >= 15 is 0 Å². The molecule has 3 aliphatic rings. The normalized spacial score (nSPS) is 22.3. The summed E-state index contributed by atoms with van der Waals surface area (Å²) in [7, 11) is 0. The Kier molecular flexibility index (Phi) is 6.50. The standard InChI is InChI=1S/C28H32N2O5/c31-25(32)22-12-5-6-13-24(22)30-26(33)28(14-7-15-28)17-29-27(34)35-16-23-20-10-3-1-8-18(20)19-9-2-4-11-21(19)23/h1-4,8-11,22-24H,5-7,12-17H2,(H,29,34)(H,30,33)(H,31,32)/t22-,24+/m1/s1. The molecule has 0 aliphatic heterocycles. The SMILES string of the molecule is O=C(NCC1(C(=O)N[C@H]2CCCC[C@H]2C(=O)O)CCC1)OCC1c2ccccc2-c2ccccc21. The molecule has 5 rings (SSSR count). The van der Waals surface area contributed by atoms with Crippen LogP contribution < -0.4 is 10.6 Å². The number of alkyl carbamates (subject to hydrolysis) is 1. The number of hydrogen-bond acceptors (Lipinski definition) is 4. The topological polar surface area (TPSA) is 105 Å². The molecule has 184 valence electrons. The van der Waals surface area contributed by atoms with E-state index < -0.39 is 23.4 Å². The van der Waals surface area contributed by atoms with Crippen molar-refractivity contribution in [3.63, 3.8) is 0 Å². The van der Waals surface area contributed by atoms with E-state index in [-0.39, 0.29) is 31.0 Å². The van der Waals surface area contributed by atoms with E-state index in [0.717, 1.165) is 30.4 Å². The third-order valence-corrected chi connectivity index (χ3v) is 8.11. The van der Waals surface area contributed by atoms with Crippen LogP contribution in [-0.4, -0.2) is 42.3 Å². The first-order valence-corrected chi connectivity index (χ1v) is 12.6. The first-order chi connectivity index (χ1) is 17.0. The molecule has 3 aliphatic carbocycles. The largest absolute Gasteiger partial charge is 0.481 e. The molecule has 35 heavy (non-hydrogen) atoms. The number of rotatable bonds is 7. The maximum atomic E-state index is 13.1. The second kappa shape index (κ2) is 9.72. The summed E-state index contributed by atoms with van der Waals surface area (Å²) in [6, 6.07) is 16.0. The molecule has 2 aromatic rings. The number of ether oxygens (including phenoxy) is 1. The van der Waals surface area contributed by atoms with Crippen LogP contribution in [0.1, 0.15) is 62.0 Å². The molecule has 7 heteroatoms. The molecular weight excluding hydrogens is 444 g/mol. The number of fused-ring (bicyclic) bond motifs is 3. The summed E-state index contributed by atoms with van der Waals surface area (Å²) in [5, 5.41) is 15.3. The van der Waals surface area contributed by atoms with E-state index in [1.54, 1.807) is 0 Å². The van der Waals surface area contributed by atoms with Crippen molar-refractivity contribution in [2.45, 2.75) is 56.9 Å². The molecule has 0 spiro atoms. The average molecular weight is 477 g/mol. The van der Waals surface area contributed by atoms with Gasteiger partial charge in [0, 0.05) is 18.5 Å². The molecule has 0 radical (unpaired) electrons. The zero-order valence-electron chi connectivity index (χ0n) is 19.8. The van der Waals surface area contributed by atoms with E-state index in [2.05, 4.69) is 34.9 Å². The summed E-state index contributed by atoms with van der Waals surface area (Å²) in [5.41, 5.74) is 3.95. The molecule has 0 bridgehead atoms. The predicted molar refractivity (Wildman–Crippen MR) is 131 cm³/mol. The van der Waals surface area contributed by atoms with Gasteiger partial charge in [-0.25, -0.2) is 4.79 Å². The van der Waals surface area contributed by atoms with Crippen molar-refractivity contribution in [1.82, 2.24) is 10.6 Å². The number of carboxylic acids is 1. The Hall–Kier alpha value is -3.35.